The fraction of sp³-hybridized carbons (Fsp3) is 0.222. The van der Waals surface area contributed by atoms with Crippen LogP contribution < -0.4 is 0 Å². The summed E-state index contributed by atoms with van der Waals surface area (Å²) in [6.45, 7) is 0. The van der Waals surface area contributed by atoms with E-state index in [0.29, 0.717) is 6.42 Å². The molecule has 2 rings (SSSR count). The first kappa shape index (κ1) is 8.09. The molecule has 1 heterocycles. The predicted octanol–water partition coefficient (Wildman–Crippen LogP) is 2.79. The summed E-state index contributed by atoms with van der Waals surface area (Å²) in [5.41, 5.74) is 2.26. The van der Waals surface area contributed by atoms with Gasteiger partial charge in [-0.05, 0) is 11.1 Å². The van der Waals surface area contributed by atoms with Gasteiger partial charge < -0.3 is 0 Å². The Labute approximate surface area is 81.0 Å². The molecule has 1 aliphatic heterocycles. The van der Waals surface area contributed by atoms with Crippen LogP contribution in [-0.4, -0.2) is 10.7 Å². The highest BCUT2D eigenvalue weighted by atomic mass is 35.5. The fourth-order valence-electron chi connectivity index (χ4n) is 1.26. The van der Waals surface area contributed by atoms with Crippen LogP contribution in [0, 0.1) is 0 Å². The molecule has 1 aromatic rings. The van der Waals surface area contributed by atoms with Gasteiger partial charge in [0.1, 0.15) is 0 Å². The Morgan fingerprint density at radius 1 is 1.25 bits per heavy atom. The van der Waals surface area contributed by atoms with E-state index in [1.165, 1.54) is 0 Å². The number of aliphatic imine (C=N–C) groups is 1. The smallest absolute Gasteiger partial charge is 0.211 e. The molecular weight excluding hydrogens is 193 g/mol. The third-order valence-electron chi connectivity index (χ3n) is 1.85. The van der Waals surface area contributed by atoms with E-state index in [4.69, 9.17) is 23.2 Å². The first-order chi connectivity index (χ1) is 5.67. The molecule has 62 valence electrons. The second kappa shape index (κ2) is 2.75. The molecule has 3 heteroatoms. The van der Waals surface area contributed by atoms with Gasteiger partial charge in [0.15, 0.2) is 0 Å². The third-order valence-corrected chi connectivity index (χ3v) is 2.31. The molecule has 1 aromatic carbocycles. The minimum Gasteiger partial charge on any atom is -0.254 e. The van der Waals surface area contributed by atoms with Gasteiger partial charge in [-0.1, -0.05) is 47.5 Å². The summed E-state index contributed by atoms with van der Waals surface area (Å²) in [5, 5.41) is 0. The zero-order chi connectivity index (χ0) is 8.60. The average Bonchev–Trinajstić information content (AvgIpc) is 2.02. The summed E-state index contributed by atoms with van der Waals surface area (Å²) in [7, 11) is 0. The topological polar surface area (TPSA) is 12.4 Å². The number of hydrogen-bond acceptors (Lipinski definition) is 1. The van der Waals surface area contributed by atoms with Crippen LogP contribution in [0.3, 0.4) is 0 Å². The summed E-state index contributed by atoms with van der Waals surface area (Å²) >= 11 is 11.7. The zero-order valence-corrected chi connectivity index (χ0v) is 7.81. The van der Waals surface area contributed by atoms with Gasteiger partial charge >= 0.3 is 0 Å². The summed E-state index contributed by atoms with van der Waals surface area (Å²) in [5.74, 6) is 0. The van der Waals surface area contributed by atoms with E-state index in [0.717, 1.165) is 11.1 Å². The molecule has 0 unspecified atom stereocenters. The van der Waals surface area contributed by atoms with Crippen LogP contribution in [0.1, 0.15) is 11.1 Å². The highest BCUT2D eigenvalue weighted by Crippen LogP contribution is 2.31. The van der Waals surface area contributed by atoms with Gasteiger partial charge in [-0.3, -0.25) is 4.99 Å². The number of benzene rings is 1. The number of halogens is 2. The number of alkyl halides is 2. The Morgan fingerprint density at radius 3 is 2.83 bits per heavy atom. The van der Waals surface area contributed by atoms with Gasteiger partial charge in [0.25, 0.3) is 0 Å². The van der Waals surface area contributed by atoms with Gasteiger partial charge in [-0.2, -0.15) is 0 Å². The molecule has 0 saturated heterocycles. The van der Waals surface area contributed by atoms with E-state index in [1.54, 1.807) is 6.21 Å². The molecule has 0 saturated carbocycles. The van der Waals surface area contributed by atoms with Gasteiger partial charge in [-0.25, -0.2) is 0 Å². The third kappa shape index (κ3) is 1.47. The minimum atomic E-state index is -0.964. The van der Waals surface area contributed by atoms with Crippen molar-refractivity contribution in [3.63, 3.8) is 0 Å². The summed E-state index contributed by atoms with van der Waals surface area (Å²) < 4.78 is -0.964. The van der Waals surface area contributed by atoms with Crippen LogP contribution in [0.4, 0.5) is 0 Å². The van der Waals surface area contributed by atoms with E-state index in [9.17, 15) is 0 Å². The molecule has 0 amide bonds. The van der Waals surface area contributed by atoms with Crippen molar-refractivity contribution in [2.45, 2.75) is 10.9 Å². The van der Waals surface area contributed by atoms with E-state index < -0.39 is 4.46 Å². The number of hydrogen-bond donors (Lipinski definition) is 0. The lowest BCUT2D eigenvalue weighted by Crippen LogP contribution is -2.18. The highest BCUT2D eigenvalue weighted by molar-refractivity contribution is 6.48. The standard InChI is InChI=1S/C9H7Cl2N/c10-9(11)5-7-3-1-2-4-8(7)6-12-9/h1-4,6H,5H2. The first-order valence-corrected chi connectivity index (χ1v) is 4.44. The van der Waals surface area contributed by atoms with Crippen molar-refractivity contribution in [1.82, 2.24) is 0 Å². The molecule has 0 aromatic heterocycles. The van der Waals surface area contributed by atoms with E-state index >= 15 is 0 Å². The van der Waals surface area contributed by atoms with Crippen LogP contribution >= 0.6 is 23.2 Å². The van der Waals surface area contributed by atoms with Crippen molar-refractivity contribution < 1.29 is 0 Å². The molecular formula is C9H7Cl2N. The van der Waals surface area contributed by atoms with Crippen molar-refractivity contribution in [3.05, 3.63) is 35.4 Å². The van der Waals surface area contributed by atoms with Crippen LogP contribution in [-0.2, 0) is 6.42 Å². The van der Waals surface area contributed by atoms with Gasteiger partial charge in [0.05, 0.1) is 0 Å². The molecule has 12 heavy (non-hydrogen) atoms. The highest BCUT2D eigenvalue weighted by Gasteiger charge is 2.26. The molecule has 0 bridgehead atoms. The second-order valence-electron chi connectivity index (χ2n) is 2.80. The normalized spacial score (nSPS) is 18.8. The molecule has 0 radical (unpaired) electrons. The SMILES string of the molecule is ClC1(Cl)Cc2ccccc2C=N1. The molecule has 0 fully saturated rings. The van der Waals surface area contributed by atoms with Gasteiger partial charge in [0, 0.05) is 12.6 Å². The minimum absolute atomic E-state index is 0.586. The van der Waals surface area contributed by atoms with E-state index in [2.05, 4.69) is 4.99 Å². The molecule has 1 aliphatic rings. The Hall–Kier alpha value is -0.530. The van der Waals surface area contributed by atoms with E-state index in [1.807, 2.05) is 24.3 Å². The quantitative estimate of drug-likeness (QED) is 0.451. The fourth-order valence-corrected chi connectivity index (χ4v) is 1.65. The monoisotopic (exact) mass is 199 g/mol. The van der Waals surface area contributed by atoms with E-state index in [-0.39, 0.29) is 0 Å². The number of fused-ring (bicyclic) bond motifs is 1. The summed E-state index contributed by atoms with van der Waals surface area (Å²) in [6.07, 6.45) is 2.31. The van der Waals surface area contributed by atoms with Crippen LogP contribution in [0.15, 0.2) is 29.3 Å². The van der Waals surface area contributed by atoms with Crippen LogP contribution in [0.5, 0.6) is 0 Å². The maximum Gasteiger partial charge on any atom is 0.211 e. The Morgan fingerprint density at radius 2 is 2.00 bits per heavy atom. The van der Waals surface area contributed by atoms with Gasteiger partial charge in [-0.15, -0.1) is 0 Å². The lowest BCUT2D eigenvalue weighted by atomic mass is 10.0. The molecule has 0 spiro atoms. The average molecular weight is 200 g/mol. The largest absolute Gasteiger partial charge is 0.254 e. The Balaban J connectivity index is 2.46. The summed E-state index contributed by atoms with van der Waals surface area (Å²) in [4.78, 5) is 4.01. The predicted molar refractivity (Wildman–Crippen MR) is 52.2 cm³/mol. The molecule has 0 N–H and O–H groups in total. The lowest BCUT2D eigenvalue weighted by Gasteiger charge is -2.20. The number of rotatable bonds is 0. The molecule has 0 aliphatic carbocycles. The lowest BCUT2D eigenvalue weighted by molar-refractivity contribution is 0.803. The van der Waals surface area contributed by atoms with Gasteiger partial charge in [0.2, 0.25) is 4.46 Å². The molecule has 1 nitrogen and oxygen atoms in total. The van der Waals surface area contributed by atoms with Crippen LogP contribution in [0.2, 0.25) is 0 Å². The first-order valence-electron chi connectivity index (χ1n) is 3.68. The molecule has 0 atom stereocenters. The van der Waals surface area contributed by atoms with Crippen molar-refractivity contribution in [1.29, 1.82) is 0 Å². The Bertz CT molecular complexity index is 331. The summed E-state index contributed by atoms with van der Waals surface area (Å²) in [6, 6.07) is 7.96. The van der Waals surface area contributed by atoms with Crippen LogP contribution in [0.25, 0.3) is 0 Å². The number of nitrogens with zero attached hydrogens (tertiary/aromatic N) is 1. The maximum atomic E-state index is 5.87. The second-order valence-corrected chi connectivity index (χ2v) is 4.24. The maximum absolute atomic E-state index is 5.87. The van der Waals surface area contributed by atoms with Crippen molar-refractivity contribution in [3.8, 4) is 0 Å². The van der Waals surface area contributed by atoms with Crippen molar-refractivity contribution in [2.75, 3.05) is 0 Å². The van der Waals surface area contributed by atoms with Crippen molar-refractivity contribution >= 4 is 29.4 Å². The zero-order valence-electron chi connectivity index (χ0n) is 6.30. The Kier molecular flexibility index (Phi) is 1.85. The van der Waals surface area contributed by atoms with Crippen molar-refractivity contribution in [2.24, 2.45) is 4.99 Å².